The van der Waals surface area contributed by atoms with E-state index in [1.807, 2.05) is 18.2 Å². The Morgan fingerprint density at radius 3 is 2.79 bits per heavy atom. The molecule has 0 saturated heterocycles. The first-order chi connectivity index (χ1) is 14.2. The minimum Gasteiger partial charge on any atom is -0.481 e. The Kier molecular flexibility index (Phi) is 6.03. The molecular formula is C17H13N7O2S3. The molecule has 4 rings (SSSR count). The number of ether oxygens (including phenoxy) is 1. The van der Waals surface area contributed by atoms with Crippen molar-refractivity contribution in [2.75, 3.05) is 12.4 Å². The molecule has 9 nitrogen and oxygen atoms in total. The highest BCUT2D eigenvalue weighted by atomic mass is 32.2. The second-order valence-electron chi connectivity index (χ2n) is 5.32. The maximum atomic E-state index is 12.9. The van der Waals surface area contributed by atoms with Gasteiger partial charge in [0.15, 0.2) is 10.3 Å². The van der Waals surface area contributed by atoms with Gasteiger partial charge in [0.2, 0.25) is 5.88 Å². The van der Waals surface area contributed by atoms with E-state index in [9.17, 15) is 4.79 Å². The lowest BCUT2D eigenvalue weighted by molar-refractivity contribution is 0.101. The minimum atomic E-state index is -0.344. The van der Waals surface area contributed by atoms with Crippen LogP contribution in [0.5, 0.6) is 5.88 Å². The second kappa shape index (κ2) is 9.03. The first kappa shape index (κ1) is 19.4. The van der Waals surface area contributed by atoms with E-state index < -0.39 is 0 Å². The average molecular weight is 444 g/mol. The fraction of sp³-hybridized carbons (Fsp3) is 0.0588. The predicted molar refractivity (Wildman–Crippen MR) is 110 cm³/mol. The van der Waals surface area contributed by atoms with Crippen LogP contribution in [0.3, 0.4) is 0 Å². The van der Waals surface area contributed by atoms with E-state index >= 15 is 0 Å². The summed E-state index contributed by atoms with van der Waals surface area (Å²) in [4.78, 5) is 31.3. The van der Waals surface area contributed by atoms with Gasteiger partial charge >= 0.3 is 0 Å². The maximum Gasteiger partial charge on any atom is 0.277 e. The smallest absolute Gasteiger partial charge is 0.277 e. The van der Waals surface area contributed by atoms with Crippen LogP contribution in [0, 0.1) is 0 Å². The van der Waals surface area contributed by atoms with Crippen LogP contribution in [0.4, 0.5) is 5.13 Å². The number of thiazole rings is 1. The molecule has 0 bridgehead atoms. The van der Waals surface area contributed by atoms with Crippen molar-refractivity contribution in [1.82, 2.24) is 30.1 Å². The molecule has 0 fully saturated rings. The zero-order valence-electron chi connectivity index (χ0n) is 14.9. The van der Waals surface area contributed by atoms with Crippen molar-refractivity contribution in [2.45, 2.75) is 20.0 Å². The van der Waals surface area contributed by atoms with Gasteiger partial charge in [0.25, 0.3) is 5.91 Å². The van der Waals surface area contributed by atoms with Gasteiger partial charge in [-0.05, 0) is 30.0 Å². The summed E-state index contributed by atoms with van der Waals surface area (Å²) >= 11 is 4.01. The third-order valence-corrected chi connectivity index (χ3v) is 5.98. The number of hydrogen-bond acceptors (Lipinski definition) is 10. The van der Waals surface area contributed by atoms with Gasteiger partial charge in [-0.15, -0.1) is 11.3 Å². The molecule has 0 unspecified atom stereocenters. The molecule has 146 valence electrons. The molecule has 2 N–H and O–H groups in total. The zero-order valence-corrected chi connectivity index (χ0v) is 17.3. The third-order valence-electron chi connectivity index (χ3n) is 3.44. The van der Waals surface area contributed by atoms with Gasteiger partial charge in [0.05, 0.1) is 7.11 Å². The average Bonchev–Trinajstić information content (AvgIpc) is 3.44. The normalized spacial score (nSPS) is 10.7. The summed E-state index contributed by atoms with van der Waals surface area (Å²) in [5, 5.41) is 12.9. The van der Waals surface area contributed by atoms with Gasteiger partial charge in [-0.3, -0.25) is 15.2 Å². The van der Waals surface area contributed by atoms with Crippen LogP contribution in [-0.2, 0) is 0 Å². The van der Waals surface area contributed by atoms with Crippen LogP contribution in [-0.4, -0.2) is 43.2 Å². The SMILES string of the molecule is COc1ccc(Sc2ccc(Sc3ncn[nH]3)nc2C(=O)Nc2nccs2)cn1. The van der Waals surface area contributed by atoms with Gasteiger partial charge in [-0.2, -0.15) is 5.10 Å². The van der Waals surface area contributed by atoms with E-state index in [4.69, 9.17) is 4.74 Å². The van der Waals surface area contributed by atoms with E-state index in [2.05, 4.69) is 35.5 Å². The molecule has 4 heterocycles. The lowest BCUT2D eigenvalue weighted by Crippen LogP contribution is -2.15. The number of rotatable bonds is 7. The number of carbonyl (C=O) groups excluding carboxylic acids is 1. The summed E-state index contributed by atoms with van der Waals surface area (Å²) in [6, 6.07) is 7.30. The summed E-state index contributed by atoms with van der Waals surface area (Å²) in [5.41, 5.74) is 0.283. The molecule has 1 amide bonds. The van der Waals surface area contributed by atoms with E-state index in [0.29, 0.717) is 26.1 Å². The minimum absolute atomic E-state index is 0.283. The first-order valence-electron chi connectivity index (χ1n) is 8.14. The number of nitrogens with one attached hydrogen (secondary N) is 2. The molecule has 0 atom stereocenters. The summed E-state index contributed by atoms with van der Waals surface area (Å²) in [5.74, 6) is 0.178. The van der Waals surface area contributed by atoms with E-state index in [1.54, 1.807) is 30.9 Å². The van der Waals surface area contributed by atoms with E-state index in [1.165, 1.54) is 41.2 Å². The number of anilines is 1. The van der Waals surface area contributed by atoms with Crippen molar-refractivity contribution in [3.8, 4) is 5.88 Å². The third kappa shape index (κ3) is 4.91. The van der Waals surface area contributed by atoms with Crippen LogP contribution < -0.4 is 10.1 Å². The molecule has 0 radical (unpaired) electrons. The maximum absolute atomic E-state index is 12.9. The van der Waals surface area contributed by atoms with Crippen LogP contribution in [0.2, 0.25) is 0 Å². The van der Waals surface area contributed by atoms with Crippen molar-refractivity contribution in [3.63, 3.8) is 0 Å². The summed E-state index contributed by atoms with van der Waals surface area (Å²) < 4.78 is 5.09. The number of pyridine rings is 2. The molecule has 0 spiro atoms. The van der Waals surface area contributed by atoms with Crippen molar-refractivity contribution in [3.05, 3.63) is 54.1 Å². The molecule has 12 heteroatoms. The fourth-order valence-corrected chi connectivity index (χ4v) is 4.25. The van der Waals surface area contributed by atoms with Crippen molar-refractivity contribution in [2.24, 2.45) is 0 Å². The highest BCUT2D eigenvalue weighted by Crippen LogP contribution is 2.33. The lowest BCUT2D eigenvalue weighted by atomic mass is 10.3. The van der Waals surface area contributed by atoms with Gasteiger partial charge in [-0.1, -0.05) is 11.8 Å². The number of nitrogens with zero attached hydrogens (tertiary/aromatic N) is 5. The molecule has 29 heavy (non-hydrogen) atoms. The molecule has 0 aliphatic carbocycles. The van der Waals surface area contributed by atoms with Gasteiger partial charge < -0.3 is 4.74 Å². The Balaban J connectivity index is 1.63. The number of H-pyrrole nitrogens is 1. The van der Waals surface area contributed by atoms with Crippen LogP contribution in [0.1, 0.15) is 10.5 Å². The topological polar surface area (TPSA) is 119 Å². The fourth-order valence-electron chi connectivity index (χ4n) is 2.19. The number of aromatic nitrogens is 6. The van der Waals surface area contributed by atoms with Crippen molar-refractivity contribution >= 4 is 45.9 Å². The zero-order chi connectivity index (χ0) is 20.1. The Hall–Kier alpha value is -2.96. The molecule has 4 aromatic rings. The number of aromatic amines is 1. The van der Waals surface area contributed by atoms with Crippen LogP contribution in [0.15, 0.2) is 68.3 Å². The summed E-state index contributed by atoms with van der Waals surface area (Å²) in [6.07, 6.45) is 4.73. The monoisotopic (exact) mass is 443 g/mol. The molecule has 0 aliphatic heterocycles. The number of methoxy groups -OCH3 is 1. The number of carbonyl (C=O) groups is 1. The van der Waals surface area contributed by atoms with E-state index in [-0.39, 0.29) is 11.6 Å². The molecule has 0 aliphatic rings. The van der Waals surface area contributed by atoms with Crippen molar-refractivity contribution < 1.29 is 9.53 Å². The highest BCUT2D eigenvalue weighted by Gasteiger charge is 2.18. The molecular weight excluding hydrogens is 430 g/mol. The van der Waals surface area contributed by atoms with Gasteiger partial charge in [0, 0.05) is 33.6 Å². The lowest BCUT2D eigenvalue weighted by Gasteiger charge is -2.10. The standard InChI is InChI=1S/C17H13N7O2S3/c1-26-12-4-2-10(8-19-12)28-11-3-5-13(29-17-20-9-21-24-17)22-14(11)15(25)23-16-18-6-7-27-16/h2-9H,1H3,(H,18,23,25)(H,20,21,24). The van der Waals surface area contributed by atoms with Crippen LogP contribution in [0.25, 0.3) is 0 Å². The number of hydrogen-bond donors (Lipinski definition) is 2. The van der Waals surface area contributed by atoms with Gasteiger partial charge in [0.1, 0.15) is 17.0 Å². The van der Waals surface area contributed by atoms with Crippen LogP contribution >= 0.6 is 34.9 Å². The largest absolute Gasteiger partial charge is 0.481 e. The van der Waals surface area contributed by atoms with Gasteiger partial charge in [-0.25, -0.2) is 19.9 Å². The second-order valence-corrected chi connectivity index (χ2v) is 8.34. The Bertz CT molecular complexity index is 1090. The highest BCUT2D eigenvalue weighted by molar-refractivity contribution is 7.99. The molecule has 4 aromatic heterocycles. The summed E-state index contributed by atoms with van der Waals surface area (Å²) in [6.45, 7) is 0. The Morgan fingerprint density at radius 1 is 1.17 bits per heavy atom. The Labute approximate surface area is 177 Å². The number of amides is 1. The Morgan fingerprint density at radius 2 is 2.10 bits per heavy atom. The van der Waals surface area contributed by atoms with E-state index in [0.717, 1.165) is 4.90 Å². The molecule has 0 saturated carbocycles. The van der Waals surface area contributed by atoms with Crippen molar-refractivity contribution in [1.29, 1.82) is 0 Å². The first-order valence-corrected chi connectivity index (χ1v) is 10.7. The predicted octanol–water partition coefficient (Wildman–Crippen LogP) is 3.61. The summed E-state index contributed by atoms with van der Waals surface area (Å²) in [7, 11) is 1.56. The quantitative estimate of drug-likeness (QED) is 0.441. The molecule has 0 aromatic carbocycles.